The van der Waals surface area contributed by atoms with E-state index in [2.05, 4.69) is 4.74 Å². The predicted octanol–water partition coefficient (Wildman–Crippen LogP) is 0.0500. The smallest absolute Gasteiger partial charge is 0.409 e. The van der Waals surface area contributed by atoms with Crippen LogP contribution in [0.1, 0.15) is 6.42 Å². The maximum Gasteiger partial charge on any atom is 0.409 e. The van der Waals surface area contributed by atoms with Gasteiger partial charge in [0, 0.05) is 25.6 Å². The zero-order valence-electron chi connectivity index (χ0n) is 8.78. The molecule has 14 heavy (non-hydrogen) atoms. The van der Waals surface area contributed by atoms with Crippen LogP contribution in [0.4, 0.5) is 4.79 Å². The van der Waals surface area contributed by atoms with Crippen molar-refractivity contribution in [3.05, 3.63) is 0 Å². The van der Waals surface area contributed by atoms with Gasteiger partial charge >= 0.3 is 6.09 Å². The van der Waals surface area contributed by atoms with Crippen LogP contribution in [0.2, 0.25) is 0 Å². The summed E-state index contributed by atoms with van der Waals surface area (Å²) >= 11 is 0. The summed E-state index contributed by atoms with van der Waals surface area (Å²) in [5.41, 5.74) is 5.57. The molecular weight excluding hydrogens is 184 g/mol. The Hall–Kier alpha value is -0.810. The molecule has 1 aliphatic heterocycles. The summed E-state index contributed by atoms with van der Waals surface area (Å²) in [6.07, 6.45) is 0.614. The molecule has 1 aliphatic rings. The zero-order chi connectivity index (χ0) is 10.6. The Morgan fingerprint density at radius 1 is 1.50 bits per heavy atom. The van der Waals surface area contributed by atoms with Gasteiger partial charge in [-0.2, -0.15) is 0 Å². The van der Waals surface area contributed by atoms with Gasteiger partial charge in [0.15, 0.2) is 0 Å². The largest absolute Gasteiger partial charge is 0.453 e. The molecule has 0 atom stereocenters. The number of hydrogen-bond donors (Lipinski definition) is 1. The fourth-order valence-electron chi connectivity index (χ4n) is 1.96. The number of ether oxygens (including phenoxy) is 2. The maximum absolute atomic E-state index is 11.1. The number of carbonyl (C=O) groups excluding carboxylic acids is 1. The van der Waals surface area contributed by atoms with E-state index in [-0.39, 0.29) is 11.5 Å². The third-order valence-corrected chi connectivity index (χ3v) is 2.61. The molecule has 0 bridgehead atoms. The van der Waals surface area contributed by atoms with Gasteiger partial charge in [0.2, 0.25) is 0 Å². The Balaban J connectivity index is 2.42. The lowest BCUT2D eigenvalue weighted by Gasteiger charge is -2.48. The van der Waals surface area contributed by atoms with E-state index >= 15 is 0 Å². The normalized spacial score (nSPS) is 18.9. The molecule has 1 fully saturated rings. The van der Waals surface area contributed by atoms with Crippen LogP contribution < -0.4 is 5.73 Å². The Kier molecular flexibility index (Phi) is 3.71. The average Bonchev–Trinajstić information content (AvgIpc) is 2.12. The van der Waals surface area contributed by atoms with E-state index < -0.39 is 0 Å². The highest BCUT2D eigenvalue weighted by molar-refractivity contribution is 5.68. The number of likely N-dealkylation sites (tertiary alicyclic amines) is 1. The van der Waals surface area contributed by atoms with Gasteiger partial charge in [-0.25, -0.2) is 4.79 Å². The van der Waals surface area contributed by atoms with Gasteiger partial charge in [0.1, 0.15) is 0 Å². The number of nitrogens with zero attached hydrogens (tertiary/aromatic N) is 1. The van der Waals surface area contributed by atoms with Crippen molar-refractivity contribution >= 4 is 6.09 Å². The van der Waals surface area contributed by atoms with Crippen molar-refractivity contribution in [1.82, 2.24) is 4.90 Å². The van der Waals surface area contributed by atoms with Gasteiger partial charge in [-0.1, -0.05) is 0 Å². The van der Waals surface area contributed by atoms with Crippen molar-refractivity contribution in [3.63, 3.8) is 0 Å². The molecule has 0 spiro atoms. The standard InChI is InChI=1S/C9H18N2O3/c1-13-7-9(3-4-10)5-11(6-9)8(12)14-2/h3-7,10H2,1-2H3. The SMILES string of the molecule is COCC1(CCN)CN(C(=O)OC)C1. The Morgan fingerprint density at radius 3 is 2.57 bits per heavy atom. The van der Waals surface area contributed by atoms with Crippen LogP contribution in [-0.4, -0.2) is 51.5 Å². The zero-order valence-corrected chi connectivity index (χ0v) is 8.78. The van der Waals surface area contributed by atoms with Gasteiger partial charge in [0.25, 0.3) is 0 Å². The number of hydrogen-bond acceptors (Lipinski definition) is 4. The molecule has 0 aliphatic carbocycles. The summed E-state index contributed by atoms with van der Waals surface area (Å²) in [6.45, 7) is 2.64. The first-order chi connectivity index (χ1) is 6.67. The van der Waals surface area contributed by atoms with Gasteiger partial charge in [0.05, 0.1) is 13.7 Å². The summed E-state index contributed by atoms with van der Waals surface area (Å²) < 4.78 is 9.75. The Bertz CT molecular complexity index is 194. The van der Waals surface area contributed by atoms with Crippen LogP contribution in [0.5, 0.6) is 0 Å². The highest BCUT2D eigenvalue weighted by atomic mass is 16.5. The molecule has 0 unspecified atom stereocenters. The molecule has 1 amide bonds. The van der Waals surface area contributed by atoms with E-state index in [1.165, 1.54) is 7.11 Å². The van der Waals surface area contributed by atoms with Crippen molar-refractivity contribution in [2.75, 3.05) is 40.5 Å². The molecule has 2 N–H and O–H groups in total. The first-order valence-corrected chi connectivity index (χ1v) is 4.69. The Morgan fingerprint density at radius 2 is 2.14 bits per heavy atom. The third kappa shape index (κ3) is 2.16. The van der Waals surface area contributed by atoms with Crippen LogP contribution >= 0.6 is 0 Å². The van der Waals surface area contributed by atoms with Crippen LogP contribution in [-0.2, 0) is 9.47 Å². The van der Waals surface area contributed by atoms with Gasteiger partial charge in [-0.05, 0) is 13.0 Å². The number of amides is 1. The van der Waals surface area contributed by atoms with E-state index in [9.17, 15) is 4.79 Å². The number of nitrogens with two attached hydrogens (primary N) is 1. The summed E-state index contributed by atoms with van der Waals surface area (Å²) in [5, 5.41) is 0. The van der Waals surface area contributed by atoms with Crippen LogP contribution in [0.3, 0.4) is 0 Å². The molecule has 1 rings (SSSR count). The molecule has 0 saturated carbocycles. The summed E-state index contributed by atoms with van der Waals surface area (Å²) in [5.74, 6) is 0. The average molecular weight is 202 g/mol. The van der Waals surface area contributed by atoms with Crippen molar-refractivity contribution < 1.29 is 14.3 Å². The van der Waals surface area contributed by atoms with Crippen molar-refractivity contribution in [3.8, 4) is 0 Å². The highest BCUT2D eigenvalue weighted by Gasteiger charge is 2.45. The second-order valence-corrected chi connectivity index (χ2v) is 3.80. The van der Waals surface area contributed by atoms with Gasteiger partial charge < -0.3 is 20.1 Å². The molecule has 0 aromatic carbocycles. The molecule has 82 valence electrons. The first kappa shape index (κ1) is 11.3. The quantitative estimate of drug-likeness (QED) is 0.699. The van der Waals surface area contributed by atoms with Crippen molar-refractivity contribution in [1.29, 1.82) is 0 Å². The summed E-state index contributed by atoms with van der Waals surface area (Å²) in [7, 11) is 3.06. The van der Waals surface area contributed by atoms with E-state index in [4.69, 9.17) is 10.5 Å². The number of methoxy groups -OCH3 is 2. The lowest BCUT2D eigenvalue weighted by Crippen LogP contribution is -2.61. The molecule has 1 saturated heterocycles. The van der Waals surface area contributed by atoms with E-state index in [1.54, 1.807) is 12.0 Å². The van der Waals surface area contributed by atoms with E-state index in [0.29, 0.717) is 26.2 Å². The maximum atomic E-state index is 11.1. The fraction of sp³-hybridized carbons (Fsp3) is 0.889. The van der Waals surface area contributed by atoms with Crippen molar-refractivity contribution in [2.24, 2.45) is 11.1 Å². The predicted molar refractivity (Wildman–Crippen MR) is 52.0 cm³/mol. The minimum absolute atomic E-state index is 0.0533. The monoisotopic (exact) mass is 202 g/mol. The molecule has 0 aromatic heterocycles. The molecule has 0 aromatic rings. The van der Waals surface area contributed by atoms with E-state index in [0.717, 1.165) is 6.42 Å². The minimum atomic E-state index is -0.270. The number of carbonyl (C=O) groups is 1. The molecule has 1 heterocycles. The van der Waals surface area contributed by atoms with Crippen LogP contribution in [0.25, 0.3) is 0 Å². The lowest BCUT2D eigenvalue weighted by atomic mass is 9.78. The van der Waals surface area contributed by atoms with Crippen LogP contribution in [0, 0.1) is 5.41 Å². The molecule has 5 nitrogen and oxygen atoms in total. The Labute approximate surface area is 84.1 Å². The fourth-order valence-corrected chi connectivity index (χ4v) is 1.96. The van der Waals surface area contributed by atoms with E-state index in [1.807, 2.05) is 0 Å². The second-order valence-electron chi connectivity index (χ2n) is 3.80. The molecule has 0 radical (unpaired) electrons. The second kappa shape index (κ2) is 4.61. The summed E-state index contributed by atoms with van der Waals surface area (Å²) in [6, 6.07) is 0. The van der Waals surface area contributed by atoms with Gasteiger partial charge in [-0.15, -0.1) is 0 Å². The first-order valence-electron chi connectivity index (χ1n) is 4.69. The lowest BCUT2D eigenvalue weighted by molar-refractivity contribution is -0.0484. The molecule has 5 heteroatoms. The molecular formula is C9H18N2O3. The number of rotatable bonds is 4. The highest BCUT2D eigenvalue weighted by Crippen LogP contribution is 2.34. The topological polar surface area (TPSA) is 64.8 Å². The minimum Gasteiger partial charge on any atom is -0.453 e. The van der Waals surface area contributed by atoms with Crippen LogP contribution in [0.15, 0.2) is 0 Å². The summed E-state index contributed by atoms with van der Waals surface area (Å²) in [4.78, 5) is 12.8. The van der Waals surface area contributed by atoms with Gasteiger partial charge in [-0.3, -0.25) is 0 Å². The van der Waals surface area contributed by atoms with Crippen molar-refractivity contribution in [2.45, 2.75) is 6.42 Å². The third-order valence-electron chi connectivity index (χ3n) is 2.61.